The molecule has 0 radical (unpaired) electrons. The van der Waals surface area contributed by atoms with Gasteiger partial charge in [-0.15, -0.1) is 0 Å². The van der Waals surface area contributed by atoms with E-state index in [1.54, 1.807) is 0 Å². The summed E-state index contributed by atoms with van der Waals surface area (Å²) >= 11 is 0. The van der Waals surface area contributed by atoms with E-state index in [1.807, 2.05) is 24.3 Å². The number of rotatable bonds is 2. The molecule has 1 aliphatic carbocycles. The summed E-state index contributed by atoms with van der Waals surface area (Å²) in [4.78, 5) is 12.4. The molecule has 3 rings (SSSR count). The molecular formula is C17H16O. The fourth-order valence-electron chi connectivity index (χ4n) is 2.90. The first-order valence-corrected chi connectivity index (χ1v) is 6.56. The summed E-state index contributed by atoms with van der Waals surface area (Å²) in [6.07, 6.45) is 1.93. The zero-order valence-electron chi connectivity index (χ0n) is 10.8. The summed E-state index contributed by atoms with van der Waals surface area (Å²) in [5, 5.41) is 0. The fraction of sp³-hybridized carbons (Fsp3) is 0.235. The van der Waals surface area contributed by atoms with Gasteiger partial charge in [0, 0.05) is 11.1 Å². The highest BCUT2D eigenvalue weighted by Gasteiger charge is 2.29. The Labute approximate surface area is 107 Å². The molecule has 2 aromatic carbocycles. The molecule has 0 amide bonds. The molecule has 1 aliphatic rings. The van der Waals surface area contributed by atoms with Crippen molar-refractivity contribution >= 4 is 5.78 Å². The lowest BCUT2D eigenvalue weighted by Crippen LogP contribution is -1.95. The number of hydrogen-bond acceptors (Lipinski definition) is 1. The lowest BCUT2D eigenvalue weighted by Gasteiger charge is -2.10. The fourth-order valence-corrected chi connectivity index (χ4v) is 2.90. The van der Waals surface area contributed by atoms with Crippen LogP contribution in [0.1, 0.15) is 40.9 Å². The first kappa shape index (κ1) is 11.2. The van der Waals surface area contributed by atoms with Crippen LogP contribution in [0.2, 0.25) is 0 Å². The molecule has 0 fully saturated rings. The highest BCUT2D eigenvalue weighted by molar-refractivity contribution is 6.22. The third-order valence-corrected chi connectivity index (χ3v) is 3.80. The molecular weight excluding hydrogens is 220 g/mol. The van der Waals surface area contributed by atoms with Gasteiger partial charge in [-0.1, -0.05) is 50.2 Å². The Morgan fingerprint density at radius 1 is 0.778 bits per heavy atom. The topological polar surface area (TPSA) is 17.1 Å². The molecule has 0 N–H and O–H groups in total. The Hall–Kier alpha value is -1.89. The highest BCUT2D eigenvalue weighted by Crippen LogP contribution is 2.41. The second-order valence-corrected chi connectivity index (χ2v) is 4.72. The van der Waals surface area contributed by atoms with E-state index in [2.05, 4.69) is 26.0 Å². The van der Waals surface area contributed by atoms with Crippen LogP contribution in [0.25, 0.3) is 11.1 Å². The molecule has 2 aromatic rings. The van der Waals surface area contributed by atoms with Crippen LogP contribution in [0.15, 0.2) is 36.4 Å². The largest absolute Gasteiger partial charge is 0.289 e. The number of aryl methyl sites for hydroxylation is 2. The van der Waals surface area contributed by atoms with Crippen molar-refractivity contribution in [3.05, 3.63) is 58.7 Å². The number of carbonyl (C=O) groups is 1. The van der Waals surface area contributed by atoms with Gasteiger partial charge in [0.15, 0.2) is 5.78 Å². The maximum atomic E-state index is 12.4. The lowest BCUT2D eigenvalue weighted by atomic mass is 9.93. The zero-order chi connectivity index (χ0) is 12.7. The van der Waals surface area contributed by atoms with Crippen LogP contribution in [-0.2, 0) is 12.8 Å². The first-order chi connectivity index (χ1) is 8.77. The highest BCUT2D eigenvalue weighted by atomic mass is 16.1. The number of ketones is 1. The van der Waals surface area contributed by atoms with E-state index < -0.39 is 0 Å². The smallest absolute Gasteiger partial charge is 0.194 e. The Bertz CT molecular complexity index is 583. The van der Waals surface area contributed by atoms with Gasteiger partial charge in [-0.25, -0.2) is 0 Å². The van der Waals surface area contributed by atoms with Crippen molar-refractivity contribution in [1.29, 1.82) is 0 Å². The van der Waals surface area contributed by atoms with Gasteiger partial charge in [0.25, 0.3) is 0 Å². The van der Waals surface area contributed by atoms with Crippen molar-refractivity contribution in [1.82, 2.24) is 0 Å². The van der Waals surface area contributed by atoms with Crippen molar-refractivity contribution in [3.8, 4) is 11.1 Å². The van der Waals surface area contributed by atoms with Crippen LogP contribution in [-0.4, -0.2) is 5.78 Å². The molecule has 0 aliphatic heterocycles. The SMILES string of the molecule is CCc1cccc2c1-c1c(CC)cccc1C2=O. The van der Waals surface area contributed by atoms with Gasteiger partial charge < -0.3 is 0 Å². The van der Waals surface area contributed by atoms with Crippen LogP contribution in [0.4, 0.5) is 0 Å². The van der Waals surface area contributed by atoms with E-state index in [0.29, 0.717) is 0 Å². The van der Waals surface area contributed by atoms with E-state index in [0.717, 1.165) is 24.0 Å². The summed E-state index contributed by atoms with van der Waals surface area (Å²) in [6, 6.07) is 12.2. The molecule has 0 saturated heterocycles. The normalized spacial score (nSPS) is 12.4. The maximum Gasteiger partial charge on any atom is 0.194 e. The molecule has 90 valence electrons. The van der Waals surface area contributed by atoms with E-state index in [-0.39, 0.29) is 5.78 Å². The van der Waals surface area contributed by atoms with Crippen LogP contribution in [0, 0.1) is 0 Å². The summed E-state index contributed by atoms with van der Waals surface area (Å²) < 4.78 is 0. The van der Waals surface area contributed by atoms with Crippen LogP contribution < -0.4 is 0 Å². The minimum Gasteiger partial charge on any atom is -0.289 e. The van der Waals surface area contributed by atoms with E-state index >= 15 is 0 Å². The average molecular weight is 236 g/mol. The average Bonchev–Trinajstić information content (AvgIpc) is 2.73. The number of fused-ring (bicyclic) bond motifs is 3. The Kier molecular flexibility index (Phi) is 2.55. The Morgan fingerprint density at radius 2 is 1.22 bits per heavy atom. The van der Waals surface area contributed by atoms with Crippen LogP contribution in [0.5, 0.6) is 0 Å². The van der Waals surface area contributed by atoms with E-state index in [9.17, 15) is 4.79 Å². The van der Waals surface area contributed by atoms with Crippen molar-refractivity contribution in [2.75, 3.05) is 0 Å². The van der Waals surface area contributed by atoms with E-state index in [1.165, 1.54) is 22.3 Å². The lowest BCUT2D eigenvalue weighted by molar-refractivity contribution is 0.104. The van der Waals surface area contributed by atoms with Crippen molar-refractivity contribution in [2.45, 2.75) is 26.7 Å². The van der Waals surface area contributed by atoms with Gasteiger partial charge in [0.2, 0.25) is 0 Å². The third-order valence-electron chi connectivity index (χ3n) is 3.80. The molecule has 0 atom stereocenters. The molecule has 0 aromatic heterocycles. The van der Waals surface area contributed by atoms with Crippen LogP contribution >= 0.6 is 0 Å². The number of carbonyl (C=O) groups excluding carboxylic acids is 1. The van der Waals surface area contributed by atoms with Gasteiger partial charge >= 0.3 is 0 Å². The van der Waals surface area contributed by atoms with Crippen molar-refractivity contribution < 1.29 is 4.79 Å². The number of hydrogen-bond donors (Lipinski definition) is 0. The van der Waals surface area contributed by atoms with Gasteiger partial charge in [-0.05, 0) is 35.1 Å². The summed E-state index contributed by atoms with van der Waals surface area (Å²) in [5.41, 5.74) is 6.67. The minimum atomic E-state index is 0.186. The second kappa shape index (κ2) is 4.09. The van der Waals surface area contributed by atoms with E-state index in [4.69, 9.17) is 0 Å². The van der Waals surface area contributed by atoms with Gasteiger partial charge in [-0.2, -0.15) is 0 Å². The Morgan fingerprint density at radius 3 is 1.61 bits per heavy atom. The molecule has 0 unspecified atom stereocenters. The molecule has 0 spiro atoms. The maximum absolute atomic E-state index is 12.4. The minimum absolute atomic E-state index is 0.186. The predicted octanol–water partition coefficient (Wildman–Crippen LogP) is 4.02. The molecule has 1 heteroatoms. The first-order valence-electron chi connectivity index (χ1n) is 6.56. The molecule has 1 nitrogen and oxygen atoms in total. The summed E-state index contributed by atoms with van der Waals surface area (Å²) in [6.45, 7) is 4.29. The third kappa shape index (κ3) is 1.37. The van der Waals surface area contributed by atoms with Gasteiger partial charge in [0.1, 0.15) is 0 Å². The van der Waals surface area contributed by atoms with Crippen molar-refractivity contribution in [2.24, 2.45) is 0 Å². The van der Waals surface area contributed by atoms with Gasteiger partial charge in [0.05, 0.1) is 0 Å². The molecule has 0 heterocycles. The molecule has 0 bridgehead atoms. The van der Waals surface area contributed by atoms with Gasteiger partial charge in [-0.3, -0.25) is 4.79 Å². The van der Waals surface area contributed by atoms with Crippen LogP contribution in [0.3, 0.4) is 0 Å². The molecule has 18 heavy (non-hydrogen) atoms. The predicted molar refractivity (Wildman–Crippen MR) is 74.1 cm³/mol. The standard InChI is InChI=1S/C17H16O/c1-3-11-7-5-9-13-15(11)16-12(4-2)8-6-10-14(16)17(13)18/h5-10H,3-4H2,1-2H3. The van der Waals surface area contributed by atoms with Crippen molar-refractivity contribution in [3.63, 3.8) is 0 Å². The zero-order valence-corrected chi connectivity index (χ0v) is 10.8. The monoisotopic (exact) mass is 236 g/mol. The number of benzene rings is 2. The summed E-state index contributed by atoms with van der Waals surface area (Å²) in [5.74, 6) is 0.186. The quantitative estimate of drug-likeness (QED) is 0.656. The molecule has 0 saturated carbocycles. The second-order valence-electron chi connectivity index (χ2n) is 4.72. The Balaban J connectivity index is 2.40. The summed E-state index contributed by atoms with van der Waals surface area (Å²) in [7, 11) is 0.